The molecule has 0 aromatic carbocycles. The fourth-order valence-corrected chi connectivity index (χ4v) is 5.57. The van der Waals surface area contributed by atoms with E-state index in [-0.39, 0.29) is 17.8 Å². The molecule has 2 nitrogen and oxygen atoms in total. The number of rotatable bonds is 15. The molecule has 0 aliphatic heterocycles. The van der Waals surface area contributed by atoms with E-state index in [0.29, 0.717) is 6.10 Å². The molecule has 0 bridgehead atoms. The maximum Gasteiger partial charge on any atom is 0.0654 e. The van der Waals surface area contributed by atoms with Gasteiger partial charge in [-0.05, 0) is 78.1 Å². The zero-order chi connectivity index (χ0) is 22.7. The van der Waals surface area contributed by atoms with Crippen LogP contribution in [0.25, 0.3) is 0 Å². The summed E-state index contributed by atoms with van der Waals surface area (Å²) in [6, 6.07) is 0. The molecule has 0 N–H and O–H groups in total. The maximum absolute atomic E-state index is 6.55. The molecule has 1 aliphatic rings. The summed E-state index contributed by atoms with van der Waals surface area (Å²) in [6.45, 7) is 20.3. The molecule has 0 saturated heterocycles. The Morgan fingerprint density at radius 1 is 0.800 bits per heavy atom. The summed E-state index contributed by atoms with van der Waals surface area (Å²) in [6.07, 6.45) is 15.9. The van der Waals surface area contributed by atoms with Crippen molar-refractivity contribution in [2.45, 2.75) is 157 Å². The van der Waals surface area contributed by atoms with Gasteiger partial charge in [0.15, 0.2) is 0 Å². The molecule has 2 heteroatoms. The van der Waals surface area contributed by atoms with E-state index in [1.165, 1.54) is 64.2 Å². The smallest absolute Gasteiger partial charge is 0.0654 e. The van der Waals surface area contributed by atoms with Gasteiger partial charge in [-0.15, -0.1) is 0 Å². The molecule has 0 spiro atoms. The Labute approximate surface area is 190 Å². The molecule has 0 aromatic heterocycles. The predicted molar refractivity (Wildman–Crippen MR) is 132 cm³/mol. The van der Waals surface area contributed by atoms with Gasteiger partial charge in [-0.2, -0.15) is 0 Å². The highest BCUT2D eigenvalue weighted by Gasteiger charge is 2.31. The van der Waals surface area contributed by atoms with Crippen molar-refractivity contribution in [2.75, 3.05) is 0 Å². The lowest BCUT2D eigenvalue weighted by molar-refractivity contribution is -0.121. The van der Waals surface area contributed by atoms with Crippen molar-refractivity contribution in [3.63, 3.8) is 0 Å². The van der Waals surface area contributed by atoms with Gasteiger partial charge in [0.1, 0.15) is 0 Å². The highest BCUT2D eigenvalue weighted by Crippen LogP contribution is 2.36. The van der Waals surface area contributed by atoms with Crippen LogP contribution in [0.5, 0.6) is 0 Å². The third-order valence-electron chi connectivity index (χ3n) is 7.13. The molecule has 0 radical (unpaired) electrons. The van der Waals surface area contributed by atoms with Crippen LogP contribution in [-0.4, -0.2) is 23.9 Å². The van der Waals surface area contributed by atoms with E-state index in [9.17, 15) is 0 Å². The Hall–Kier alpha value is -0.0800. The first-order chi connectivity index (χ1) is 14.0. The Kier molecular flexibility index (Phi) is 13.2. The van der Waals surface area contributed by atoms with E-state index in [1.807, 2.05) is 0 Å². The fraction of sp³-hybridized carbons (Fsp3) is 1.00. The van der Waals surface area contributed by atoms with Crippen LogP contribution in [0.3, 0.4) is 0 Å². The summed E-state index contributed by atoms with van der Waals surface area (Å²) >= 11 is 0. The van der Waals surface area contributed by atoms with Gasteiger partial charge in [0.25, 0.3) is 0 Å². The minimum Gasteiger partial charge on any atom is -0.376 e. The zero-order valence-electron chi connectivity index (χ0n) is 22.1. The first kappa shape index (κ1) is 28.0. The minimum absolute atomic E-state index is 0.115. The van der Waals surface area contributed by atoms with Crippen molar-refractivity contribution >= 4 is 0 Å². The lowest BCUT2D eigenvalue weighted by Crippen LogP contribution is -2.37. The monoisotopic (exact) mass is 424 g/mol. The molecule has 0 amide bonds. The number of hydrogen-bond donors (Lipinski definition) is 0. The topological polar surface area (TPSA) is 18.5 Å². The number of hydrogen-bond acceptors (Lipinski definition) is 2. The van der Waals surface area contributed by atoms with Crippen molar-refractivity contribution in [1.82, 2.24) is 0 Å². The highest BCUT2D eigenvalue weighted by molar-refractivity contribution is 4.80. The van der Waals surface area contributed by atoms with E-state index in [1.54, 1.807) is 0 Å². The molecule has 1 fully saturated rings. The average Bonchev–Trinajstić information content (AvgIpc) is 2.60. The van der Waals surface area contributed by atoms with Crippen LogP contribution in [0.1, 0.15) is 133 Å². The van der Waals surface area contributed by atoms with Crippen molar-refractivity contribution in [3.8, 4) is 0 Å². The Morgan fingerprint density at radius 3 is 1.97 bits per heavy atom. The lowest BCUT2D eigenvalue weighted by Gasteiger charge is -2.38. The summed E-state index contributed by atoms with van der Waals surface area (Å²) in [7, 11) is 0. The molecule has 180 valence electrons. The summed E-state index contributed by atoms with van der Waals surface area (Å²) < 4.78 is 12.5. The molecule has 1 aliphatic carbocycles. The third-order valence-corrected chi connectivity index (χ3v) is 7.13. The normalized spacial score (nSPS) is 23.7. The summed E-state index contributed by atoms with van der Waals surface area (Å²) in [5, 5.41) is 0. The van der Waals surface area contributed by atoms with Crippen LogP contribution < -0.4 is 0 Å². The van der Waals surface area contributed by atoms with Gasteiger partial charge in [-0.1, -0.05) is 72.1 Å². The van der Waals surface area contributed by atoms with Crippen LogP contribution in [0, 0.1) is 23.7 Å². The fourth-order valence-electron chi connectivity index (χ4n) is 5.57. The summed E-state index contributed by atoms with van der Waals surface area (Å²) in [4.78, 5) is 0. The lowest BCUT2D eigenvalue weighted by atomic mass is 9.77. The molecule has 1 saturated carbocycles. The Bertz CT molecular complexity index is 420. The van der Waals surface area contributed by atoms with Crippen LogP contribution in [0.15, 0.2) is 0 Å². The van der Waals surface area contributed by atoms with Gasteiger partial charge in [-0.25, -0.2) is 0 Å². The van der Waals surface area contributed by atoms with Crippen molar-refractivity contribution in [1.29, 1.82) is 0 Å². The Morgan fingerprint density at radius 2 is 1.40 bits per heavy atom. The van der Waals surface area contributed by atoms with Crippen molar-refractivity contribution in [3.05, 3.63) is 0 Å². The SMILES string of the molecule is CC(C)CCCC(C)CCCC1CCC(C(C)OC(C)(C)CC(C)OC(C)C)CC1. The van der Waals surface area contributed by atoms with E-state index < -0.39 is 0 Å². The molecule has 1 rings (SSSR count). The van der Waals surface area contributed by atoms with Crippen LogP contribution in [0.2, 0.25) is 0 Å². The second-order valence-corrected chi connectivity index (χ2v) is 11.9. The largest absolute Gasteiger partial charge is 0.376 e. The molecule has 0 aromatic rings. The molecular weight excluding hydrogens is 368 g/mol. The van der Waals surface area contributed by atoms with Gasteiger partial charge < -0.3 is 9.47 Å². The Balaban J connectivity index is 2.23. The number of ether oxygens (including phenoxy) is 2. The predicted octanol–water partition coefficient (Wildman–Crippen LogP) is 8.81. The van der Waals surface area contributed by atoms with Gasteiger partial charge in [0, 0.05) is 6.42 Å². The van der Waals surface area contributed by atoms with Crippen LogP contribution in [0.4, 0.5) is 0 Å². The summed E-state index contributed by atoms with van der Waals surface area (Å²) in [5.74, 6) is 3.47. The average molecular weight is 425 g/mol. The van der Waals surface area contributed by atoms with Gasteiger partial charge in [-0.3, -0.25) is 0 Å². The molecular formula is C28H56O2. The third kappa shape index (κ3) is 12.7. The van der Waals surface area contributed by atoms with E-state index >= 15 is 0 Å². The van der Waals surface area contributed by atoms with E-state index in [2.05, 4.69) is 62.3 Å². The first-order valence-corrected chi connectivity index (χ1v) is 13.3. The first-order valence-electron chi connectivity index (χ1n) is 13.3. The molecule has 30 heavy (non-hydrogen) atoms. The minimum atomic E-state index is -0.115. The summed E-state index contributed by atoms with van der Waals surface area (Å²) in [5.41, 5.74) is -0.115. The van der Waals surface area contributed by atoms with Gasteiger partial charge >= 0.3 is 0 Å². The second kappa shape index (κ2) is 14.1. The van der Waals surface area contributed by atoms with E-state index in [4.69, 9.17) is 9.47 Å². The molecule has 3 atom stereocenters. The maximum atomic E-state index is 6.55. The standard InChI is InChI=1S/C28H56O2/c1-21(2)12-10-13-23(5)14-11-15-26-16-18-27(19-17-26)25(7)30-28(8,9)20-24(6)29-22(3)4/h21-27H,10-20H2,1-9H3. The van der Waals surface area contributed by atoms with Crippen LogP contribution >= 0.6 is 0 Å². The zero-order valence-corrected chi connectivity index (χ0v) is 22.1. The molecule has 3 unspecified atom stereocenters. The highest BCUT2D eigenvalue weighted by atomic mass is 16.5. The van der Waals surface area contributed by atoms with Gasteiger partial charge in [0.05, 0.1) is 23.9 Å². The second-order valence-electron chi connectivity index (χ2n) is 11.9. The van der Waals surface area contributed by atoms with Crippen LogP contribution in [-0.2, 0) is 9.47 Å². The van der Waals surface area contributed by atoms with Gasteiger partial charge in [0.2, 0.25) is 0 Å². The van der Waals surface area contributed by atoms with E-state index in [0.717, 1.165) is 30.1 Å². The molecule has 0 heterocycles. The van der Waals surface area contributed by atoms with Crippen molar-refractivity contribution < 1.29 is 9.47 Å². The van der Waals surface area contributed by atoms with Crippen molar-refractivity contribution in [2.24, 2.45) is 23.7 Å². The quantitative estimate of drug-likeness (QED) is 0.261.